The Bertz CT molecular complexity index is 1040. The first-order chi connectivity index (χ1) is 15.9. The van der Waals surface area contributed by atoms with Gasteiger partial charge in [-0.3, -0.25) is 14.6 Å². The number of amides is 2. The van der Waals surface area contributed by atoms with Gasteiger partial charge in [-0.15, -0.1) is 0 Å². The van der Waals surface area contributed by atoms with E-state index in [0.29, 0.717) is 13.1 Å². The van der Waals surface area contributed by atoms with Crippen LogP contribution in [-0.4, -0.2) is 51.4 Å². The Morgan fingerprint density at radius 1 is 1.15 bits per heavy atom. The van der Waals surface area contributed by atoms with Crippen LogP contribution in [0.15, 0.2) is 65.7 Å². The highest BCUT2D eigenvalue weighted by Gasteiger charge is 2.50. The summed E-state index contributed by atoms with van der Waals surface area (Å²) in [6.45, 7) is 8.45. The maximum absolute atomic E-state index is 13.7. The van der Waals surface area contributed by atoms with E-state index in [2.05, 4.69) is 28.9 Å². The van der Waals surface area contributed by atoms with Crippen LogP contribution in [0.4, 0.5) is 4.79 Å². The smallest absolute Gasteiger partial charge is 0.436 e. The van der Waals surface area contributed by atoms with Crippen molar-refractivity contribution in [1.82, 2.24) is 9.80 Å². The minimum Gasteiger partial charge on any atom is -0.442 e. The Morgan fingerprint density at radius 3 is 2.26 bits per heavy atom. The van der Waals surface area contributed by atoms with E-state index >= 15 is 0 Å². The first-order valence-electron chi connectivity index (χ1n) is 11.3. The highest BCUT2D eigenvalue weighted by Crippen LogP contribution is 2.39. The predicted octanol–water partition coefficient (Wildman–Crippen LogP) is 4.72. The molecule has 0 bridgehead atoms. The molecule has 1 fully saturated rings. The minimum atomic E-state index is -0.890. The summed E-state index contributed by atoms with van der Waals surface area (Å²) in [5.74, 6) is -0.713. The van der Waals surface area contributed by atoms with Crippen molar-refractivity contribution < 1.29 is 14.3 Å². The molecule has 8 heteroatoms. The van der Waals surface area contributed by atoms with Crippen LogP contribution in [0.25, 0.3) is 0 Å². The summed E-state index contributed by atoms with van der Waals surface area (Å²) in [4.78, 5) is 33.5. The predicted molar refractivity (Wildman–Crippen MR) is 143 cm³/mol. The molecular formula is C26H33IN4O3. The lowest BCUT2D eigenvalue weighted by molar-refractivity contribution is -0.131. The lowest BCUT2D eigenvalue weighted by atomic mass is 9.81. The molecule has 2 aromatic rings. The van der Waals surface area contributed by atoms with Crippen molar-refractivity contribution >= 4 is 38.4 Å². The average Bonchev–Trinajstić information content (AvgIpc) is 3.16. The summed E-state index contributed by atoms with van der Waals surface area (Å²) in [5.41, 5.74) is 7.55. The fourth-order valence-corrected chi connectivity index (χ4v) is 4.68. The number of carbonyl (C=O) groups is 2. The zero-order valence-corrected chi connectivity index (χ0v) is 22.5. The van der Waals surface area contributed by atoms with Crippen LogP contribution in [0.3, 0.4) is 0 Å². The number of benzene rings is 2. The number of carbonyl (C=O) groups excluding carboxylic acids is 2. The van der Waals surface area contributed by atoms with E-state index in [1.807, 2.05) is 71.1 Å². The summed E-state index contributed by atoms with van der Waals surface area (Å²) in [5, 5.41) is 0. The molecule has 1 heterocycles. The number of rotatable bonds is 4. The second-order valence-corrected chi connectivity index (χ2v) is 10.7. The van der Waals surface area contributed by atoms with Gasteiger partial charge in [0.25, 0.3) is 0 Å². The SMILES string of the molecule is C[C@H](c1ccccc1)N1CC(C(=O)N(C)/C(I)=N\C(=O)OC(C)(C)C)C(N)(c2ccccc2)C1. The molecule has 1 saturated heterocycles. The number of ether oxygens (including phenoxy) is 1. The highest BCUT2D eigenvalue weighted by molar-refractivity contribution is 14.1. The van der Waals surface area contributed by atoms with Gasteiger partial charge in [0.2, 0.25) is 5.91 Å². The quantitative estimate of drug-likeness (QED) is 0.247. The Kier molecular flexibility index (Phi) is 8.15. The summed E-state index contributed by atoms with van der Waals surface area (Å²) in [6.07, 6.45) is -0.732. The van der Waals surface area contributed by atoms with Gasteiger partial charge in [-0.25, -0.2) is 4.79 Å². The molecule has 1 aliphatic rings. The number of aliphatic imine (C=N–C) groups is 1. The van der Waals surface area contributed by atoms with Crippen molar-refractivity contribution in [2.45, 2.75) is 44.9 Å². The van der Waals surface area contributed by atoms with Crippen molar-refractivity contribution in [3.8, 4) is 0 Å². The molecule has 34 heavy (non-hydrogen) atoms. The number of likely N-dealkylation sites (tertiary alicyclic amines) is 1. The summed E-state index contributed by atoms with van der Waals surface area (Å²) >= 11 is 1.89. The van der Waals surface area contributed by atoms with E-state index < -0.39 is 23.2 Å². The molecule has 3 atom stereocenters. The van der Waals surface area contributed by atoms with Crippen LogP contribution in [0.2, 0.25) is 0 Å². The second-order valence-electron chi connectivity index (χ2n) is 9.73. The Morgan fingerprint density at radius 2 is 1.71 bits per heavy atom. The molecule has 0 saturated carbocycles. The lowest BCUT2D eigenvalue weighted by Crippen LogP contribution is -2.51. The molecule has 182 valence electrons. The van der Waals surface area contributed by atoms with E-state index in [1.54, 1.807) is 27.8 Å². The van der Waals surface area contributed by atoms with Gasteiger partial charge in [0.05, 0.1) is 11.5 Å². The first-order valence-corrected chi connectivity index (χ1v) is 12.4. The largest absolute Gasteiger partial charge is 0.442 e. The van der Waals surface area contributed by atoms with Crippen LogP contribution in [-0.2, 0) is 15.1 Å². The lowest BCUT2D eigenvalue weighted by Gasteiger charge is -2.32. The molecule has 3 rings (SSSR count). The van der Waals surface area contributed by atoms with Gasteiger partial charge in [0.15, 0.2) is 3.84 Å². The van der Waals surface area contributed by atoms with Crippen LogP contribution in [0.1, 0.15) is 44.9 Å². The normalized spacial score (nSPS) is 22.3. The van der Waals surface area contributed by atoms with Crippen LogP contribution >= 0.6 is 22.6 Å². The van der Waals surface area contributed by atoms with Crippen molar-refractivity contribution in [1.29, 1.82) is 0 Å². The monoisotopic (exact) mass is 576 g/mol. The maximum atomic E-state index is 13.7. The van der Waals surface area contributed by atoms with Gasteiger partial charge >= 0.3 is 6.09 Å². The van der Waals surface area contributed by atoms with Crippen molar-refractivity contribution in [3.63, 3.8) is 0 Å². The molecule has 0 radical (unpaired) electrons. The first kappa shape index (κ1) is 26.3. The summed E-state index contributed by atoms with van der Waals surface area (Å²) in [6, 6.07) is 20.0. The molecule has 2 aromatic carbocycles. The summed E-state index contributed by atoms with van der Waals surface area (Å²) < 4.78 is 5.51. The van der Waals surface area contributed by atoms with Crippen LogP contribution in [0, 0.1) is 5.92 Å². The number of nitrogens with zero attached hydrogens (tertiary/aromatic N) is 3. The molecular weight excluding hydrogens is 543 g/mol. The molecule has 0 aliphatic carbocycles. The molecule has 2 N–H and O–H groups in total. The standard InChI is InChI=1S/C26H33IN4O3/c1-18(19-12-8-6-9-13-19)31-16-21(26(28,17-31)20-14-10-7-11-15-20)22(32)30(5)23(27)29-24(33)34-25(2,3)4/h6-15,18,21H,16-17,28H2,1-5H3/b29-23-/t18-,21?,26?/m1/s1. The van der Waals surface area contributed by atoms with E-state index in [0.717, 1.165) is 5.56 Å². The second kappa shape index (κ2) is 10.5. The average molecular weight is 576 g/mol. The third kappa shape index (κ3) is 6.03. The van der Waals surface area contributed by atoms with Crippen molar-refractivity contribution in [2.75, 3.05) is 20.1 Å². The van der Waals surface area contributed by atoms with Crippen molar-refractivity contribution in [2.24, 2.45) is 16.6 Å². The Hall–Kier alpha value is -2.30. The fraction of sp³-hybridized carbons (Fsp3) is 0.423. The Labute approximate surface area is 215 Å². The molecule has 2 unspecified atom stereocenters. The number of amidine groups is 1. The number of hydrogen-bond acceptors (Lipinski definition) is 5. The molecule has 0 spiro atoms. The molecule has 7 nitrogen and oxygen atoms in total. The van der Waals surface area contributed by atoms with E-state index in [1.165, 1.54) is 10.5 Å². The van der Waals surface area contributed by atoms with E-state index in [4.69, 9.17) is 10.5 Å². The third-order valence-corrected chi connectivity index (χ3v) is 7.09. The zero-order valence-electron chi connectivity index (χ0n) is 20.4. The van der Waals surface area contributed by atoms with E-state index in [9.17, 15) is 9.59 Å². The third-order valence-electron chi connectivity index (χ3n) is 6.13. The van der Waals surface area contributed by atoms with Gasteiger partial charge in [0, 0.05) is 48.8 Å². The molecule has 2 amide bonds. The number of halogens is 1. The minimum absolute atomic E-state index is 0.0884. The van der Waals surface area contributed by atoms with Gasteiger partial charge in [0.1, 0.15) is 5.60 Å². The number of hydrogen-bond donors (Lipinski definition) is 1. The van der Waals surface area contributed by atoms with E-state index in [-0.39, 0.29) is 15.8 Å². The Balaban J connectivity index is 1.89. The van der Waals surface area contributed by atoms with Crippen LogP contribution < -0.4 is 5.73 Å². The molecule has 1 aliphatic heterocycles. The van der Waals surface area contributed by atoms with Gasteiger partial charge in [-0.2, -0.15) is 4.99 Å². The van der Waals surface area contributed by atoms with Crippen LogP contribution in [0.5, 0.6) is 0 Å². The van der Waals surface area contributed by atoms with Gasteiger partial charge < -0.3 is 10.5 Å². The van der Waals surface area contributed by atoms with Crippen molar-refractivity contribution in [3.05, 3.63) is 71.8 Å². The topological polar surface area (TPSA) is 88.2 Å². The fourth-order valence-electron chi connectivity index (χ4n) is 4.24. The van der Waals surface area contributed by atoms with Gasteiger partial charge in [-0.1, -0.05) is 60.7 Å². The van der Waals surface area contributed by atoms with Gasteiger partial charge in [-0.05, 0) is 38.8 Å². The summed E-state index contributed by atoms with van der Waals surface area (Å²) in [7, 11) is 1.62. The molecule has 0 aromatic heterocycles. The highest BCUT2D eigenvalue weighted by atomic mass is 127. The number of nitrogens with two attached hydrogens (primary N) is 1. The maximum Gasteiger partial charge on any atom is 0.436 e. The zero-order chi connectivity index (χ0) is 25.1.